The monoisotopic (exact) mass is 742 g/mol. The summed E-state index contributed by atoms with van der Waals surface area (Å²) in [5.74, 6) is 1.92. The van der Waals surface area contributed by atoms with Gasteiger partial charge >= 0.3 is 0 Å². The molecule has 0 atom stereocenters. The first-order valence-corrected chi connectivity index (χ1v) is 19.9. The van der Waals surface area contributed by atoms with E-state index in [2.05, 4.69) is 152 Å². The first-order valence-electron chi connectivity index (χ1n) is 19.9. The average Bonchev–Trinajstić information content (AvgIpc) is 3.75. The van der Waals surface area contributed by atoms with Crippen molar-refractivity contribution in [2.75, 3.05) is 0 Å². The van der Waals surface area contributed by atoms with Crippen LogP contribution < -0.4 is 0 Å². The summed E-state index contributed by atoms with van der Waals surface area (Å²) in [6, 6.07) is 69.1. The van der Waals surface area contributed by atoms with Gasteiger partial charge < -0.3 is 4.57 Å². The minimum atomic E-state index is -0.0415. The van der Waals surface area contributed by atoms with Crippen LogP contribution in [0.4, 0.5) is 0 Å². The van der Waals surface area contributed by atoms with Gasteiger partial charge in [0.25, 0.3) is 0 Å². The highest BCUT2D eigenvalue weighted by Crippen LogP contribution is 2.49. The fourth-order valence-corrected chi connectivity index (χ4v) is 8.97. The summed E-state index contributed by atoms with van der Waals surface area (Å²) in [6.45, 7) is 4.68. The Morgan fingerprint density at radius 2 is 0.897 bits per heavy atom. The molecule has 4 heteroatoms. The number of fused-ring (bicyclic) bond motifs is 6. The van der Waals surface area contributed by atoms with Crippen molar-refractivity contribution in [2.24, 2.45) is 0 Å². The molecule has 0 saturated heterocycles. The molecule has 0 radical (unpaired) electrons. The van der Waals surface area contributed by atoms with Crippen LogP contribution in [0.5, 0.6) is 0 Å². The average molecular weight is 743 g/mol. The molecule has 0 fully saturated rings. The highest BCUT2D eigenvalue weighted by atomic mass is 15.0. The van der Waals surface area contributed by atoms with Crippen molar-refractivity contribution in [2.45, 2.75) is 19.3 Å². The molecule has 0 N–H and O–H groups in total. The van der Waals surface area contributed by atoms with E-state index in [0.717, 1.165) is 33.4 Å². The summed E-state index contributed by atoms with van der Waals surface area (Å²) in [4.78, 5) is 15.0. The molecule has 0 bridgehead atoms. The third-order valence-electron chi connectivity index (χ3n) is 11.9. The predicted octanol–water partition coefficient (Wildman–Crippen LogP) is 13.6. The molecule has 11 rings (SSSR count). The summed E-state index contributed by atoms with van der Waals surface area (Å²) in [5.41, 5.74) is 16.4. The lowest BCUT2D eigenvalue weighted by Gasteiger charge is -2.22. The Labute approximate surface area is 337 Å². The smallest absolute Gasteiger partial charge is 0.164 e. The maximum Gasteiger partial charge on any atom is 0.164 e. The van der Waals surface area contributed by atoms with Crippen molar-refractivity contribution in [1.82, 2.24) is 19.5 Å². The summed E-state index contributed by atoms with van der Waals surface area (Å²) in [7, 11) is 0. The van der Waals surface area contributed by atoms with Crippen LogP contribution >= 0.6 is 0 Å². The molecule has 0 amide bonds. The number of benzene rings is 8. The highest BCUT2D eigenvalue weighted by Gasteiger charge is 2.35. The van der Waals surface area contributed by atoms with E-state index in [1.807, 2.05) is 60.7 Å². The Balaban J connectivity index is 1.03. The molecule has 58 heavy (non-hydrogen) atoms. The zero-order valence-corrected chi connectivity index (χ0v) is 32.3. The maximum atomic E-state index is 5.05. The van der Waals surface area contributed by atoms with Crippen LogP contribution in [0, 0.1) is 0 Å². The summed E-state index contributed by atoms with van der Waals surface area (Å²) in [5, 5.41) is 2.42. The van der Waals surface area contributed by atoms with Gasteiger partial charge in [-0.05, 0) is 63.2 Å². The second-order valence-corrected chi connectivity index (χ2v) is 15.7. The third-order valence-corrected chi connectivity index (χ3v) is 11.9. The van der Waals surface area contributed by atoms with Crippen LogP contribution in [0.15, 0.2) is 194 Å². The Kier molecular flexibility index (Phi) is 7.80. The molecule has 0 saturated carbocycles. The zero-order valence-electron chi connectivity index (χ0n) is 32.3. The molecule has 1 aliphatic carbocycles. The van der Waals surface area contributed by atoms with Gasteiger partial charge in [0.05, 0.1) is 11.0 Å². The van der Waals surface area contributed by atoms with Gasteiger partial charge in [0, 0.05) is 44.1 Å². The Hall–Kier alpha value is -7.43. The van der Waals surface area contributed by atoms with Gasteiger partial charge in [0.1, 0.15) is 0 Å². The van der Waals surface area contributed by atoms with E-state index in [1.54, 1.807) is 0 Å². The van der Waals surface area contributed by atoms with Gasteiger partial charge in [-0.15, -0.1) is 0 Å². The van der Waals surface area contributed by atoms with Crippen LogP contribution in [0.25, 0.3) is 95.0 Å². The molecular weight excluding hydrogens is 705 g/mol. The number of rotatable bonds is 6. The normalized spacial score (nSPS) is 12.8. The standard InChI is InChI=1S/C54H38N4/c1-54(2)47-25-11-9-21-43(47)44-32-31-39(34-48(44)54)35-27-29-36(30-28-35)42-23-14-24-46-45-22-10-12-26-49(45)58(50(42)46)41-20-13-19-40(33-41)53-56-51(37-15-5-3-6-16-37)55-52(57-53)38-17-7-4-8-18-38/h3-34H,1-2H3. The van der Waals surface area contributed by atoms with Crippen molar-refractivity contribution in [3.8, 4) is 73.2 Å². The van der Waals surface area contributed by atoms with E-state index >= 15 is 0 Å². The zero-order chi connectivity index (χ0) is 38.8. The second kappa shape index (κ2) is 13.4. The topological polar surface area (TPSA) is 43.6 Å². The molecule has 8 aromatic carbocycles. The van der Waals surface area contributed by atoms with Crippen molar-refractivity contribution in [3.05, 3.63) is 205 Å². The van der Waals surface area contributed by atoms with Crippen molar-refractivity contribution in [3.63, 3.8) is 0 Å². The quantitative estimate of drug-likeness (QED) is 0.170. The van der Waals surface area contributed by atoms with Gasteiger partial charge in [0.2, 0.25) is 0 Å². The van der Waals surface area contributed by atoms with E-state index in [1.165, 1.54) is 55.3 Å². The lowest BCUT2D eigenvalue weighted by molar-refractivity contribution is 0.660. The number of para-hydroxylation sites is 2. The van der Waals surface area contributed by atoms with E-state index in [4.69, 9.17) is 15.0 Å². The lowest BCUT2D eigenvalue weighted by atomic mass is 9.81. The minimum Gasteiger partial charge on any atom is -0.309 e. The SMILES string of the molecule is CC1(C)c2ccccc2-c2ccc(-c3ccc(-c4cccc5c6ccccc6n(-c6cccc(-c7nc(-c8ccccc8)nc(-c8ccccc8)n7)c6)c45)cc3)cc21. The van der Waals surface area contributed by atoms with Crippen molar-refractivity contribution < 1.29 is 0 Å². The Morgan fingerprint density at radius 1 is 0.362 bits per heavy atom. The molecule has 4 nitrogen and oxygen atoms in total. The first kappa shape index (κ1) is 33.9. The van der Waals surface area contributed by atoms with Crippen molar-refractivity contribution in [1.29, 1.82) is 0 Å². The number of aromatic nitrogens is 4. The molecule has 274 valence electrons. The van der Waals surface area contributed by atoms with Crippen LogP contribution in [0.1, 0.15) is 25.0 Å². The minimum absolute atomic E-state index is 0.0415. The summed E-state index contributed by atoms with van der Waals surface area (Å²) in [6.07, 6.45) is 0. The molecule has 0 spiro atoms. The molecule has 0 unspecified atom stereocenters. The van der Waals surface area contributed by atoms with Crippen LogP contribution in [-0.4, -0.2) is 19.5 Å². The van der Waals surface area contributed by atoms with Crippen LogP contribution in [0.3, 0.4) is 0 Å². The highest BCUT2D eigenvalue weighted by molar-refractivity contribution is 6.13. The fraction of sp³-hybridized carbons (Fsp3) is 0.0556. The Morgan fingerprint density at radius 3 is 1.64 bits per heavy atom. The van der Waals surface area contributed by atoms with Gasteiger partial charge in [-0.3, -0.25) is 0 Å². The van der Waals surface area contributed by atoms with Crippen LogP contribution in [-0.2, 0) is 5.41 Å². The predicted molar refractivity (Wildman–Crippen MR) is 239 cm³/mol. The van der Waals surface area contributed by atoms with E-state index in [0.29, 0.717) is 17.5 Å². The molecule has 10 aromatic rings. The van der Waals surface area contributed by atoms with Crippen LogP contribution in [0.2, 0.25) is 0 Å². The second-order valence-electron chi connectivity index (χ2n) is 15.7. The fourth-order valence-electron chi connectivity index (χ4n) is 8.97. The maximum absolute atomic E-state index is 5.05. The number of nitrogens with zero attached hydrogens (tertiary/aromatic N) is 4. The van der Waals surface area contributed by atoms with E-state index in [-0.39, 0.29) is 5.41 Å². The van der Waals surface area contributed by atoms with Gasteiger partial charge in [-0.2, -0.15) is 0 Å². The van der Waals surface area contributed by atoms with Gasteiger partial charge in [-0.1, -0.05) is 184 Å². The number of hydrogen-bond donors (Lipinski definition) is 0. The molecule has 2 heterocycles. The molecule has 0 aliphatic heterocycles. The summed E-state index contributed by atoms with van der Waals surface area (Å²) < 4.78 is 2.40. The van der Waals surface area contributed by atoms with Gasteiger partial charge in [0.15, 0.2) is 17.5 Å². The van der Waals surface area contributed by atoms with E-state index < -0.39 is 0 Å². The number of hydrogen-bond acceptors (Lipinski definition) is 3. The molecule has 1 aliphatic rings. The summed E-state index contributed by atoms with van der Waals surface area (Å²) >= 11 is 0. The molecule has 2 aromatic heterocycles. The molecular formula is C54H38N4. The lowest BCUT2D eigenvalue weighted by Crippen LogP contribution is -2.14. The first-order chi connectivity index (χ1) is 28.5. The van der Waals surface area contributed by atoms with Gasteiger partial charge in [-0.25, -0.2) is 15.0 Å². The Bertz CT molecular complexity index is 3120. The largest absolute Gasteiger partial charge is 0.309 e. The third kappa shape index (κ3) is 5.48. The van der Waals surface area contributed by atoms with E-state index in [9.17, 15) is 0 Å². The van der Waals surface area contributed by atoms with Crippen molar-refractivity contribution >= 4 is 21.8 Å².